The van der Waals surface area contributed by atoms with E-state index in [0.717, 1.165) is 44.8 Å². The van der Waals surface area contributed by atoms with Crippen LogP contribution < -0.4 is 0 Å². The molecule has 20 heavy (non-hydrogen) atoms. The Hall–Kier alpha value is -1.40. The minimum atomic E-state index is -0.667. The first-order chi connectivity index (χ1) is 9.58. The molecular formula is C14H22N4O2. The highest BCUT2D eigenvalue weighted by Gasteiger charge is 2.46. The maximum Gasteiger partial charge on any atom is 0.303 e. The first-order valence-corrected chi connectivity index (χ1v) is 7.22. The Morgan fingerprint density at radius 2 is 2.35 bits per heavy atom. The summed E-state index contributed by atoms with van der Waals surface area (Å²) in [7, 11) is 2.12. The van der Waals surface area contributed by atoms with Gasteiger partial charge in [-0.3, -0.25) is 14.6 Å². The van der Waals surface area contributed by atoms with Crippen molar-refractivity contribution in [1.82, 2.24) is 19.8 Å². The van der Waals surface area contributed by atoms with Crippen molar-refractivity contribution < 1.29 is 9.90 Å². The largest absolute Gasteiger partial charge is 0.481 e. The van der Waals surface area contributed by atoms with E-state index in [-0.39, 0.29) is 11.5 Å². The molecule has 0 spiro atoms. The lowest BCUT2D eigenvalue weighted by Gasteiger charge is -2.39. The molecule has 1 saturated heterocycles. The van der Waals surface area contributed by atoms with Crippen LogP contribution in [-0.2, 0) is 4.79 Å². The summed E-state index contributed by atoms with van der Waals surface area (Å²) in [5.74, 6) is 0.333. The predicted octanol–water partition coefficient (Wildman–Crippen LogP) is 0.953. The summed E-state index contributed by atoms with van der Waals surface area (Å²) < 4.78 is 0. The lowest BCUT2D eigenvalue weighted by atomic mass is 10.0. The molecule has 0 radical (unpaired) electrons. The number of aromatic amines is 1. The van der Waals surface area contributed by atoms with E-state index in [1.165, 1.54) is 0 Å². The van der Waals surface area contributed by atoms with Crippen molar-refractivity contribution in [1.29, 1.82) is 0 Å². The van der Waals surface area contributed by atoms with Crippen LogP contribution in [0.3, 0.4) is 0 Å². The third-order valence-corrected chi connectivity index (χ3v) is 4.61. The van der Waals surface area contributed by atoms with Crippen LogP contribution in [0.1, 0.15) is 31.1 Å². The Kier molecular flexibility index (Phi) is 3.52. The number of carbonyl (C=O) groups is 1. The second kappa shape index (κ2) is 5.18. The van der Waals surface area contributed by atoms with Crippen LogP contribution >= 0.6 is 0 Å². The van der Waals surface area contributed by atoms with Gasteiger partial charge in [-0.15, -0.1) is 0 Å². The average Bonchev–Trinajstić information content (AvgIpc) is 2.92. The number of aliphatic carboxylic acids is 1. The molecule has 110 valence electrons. The van der Waals surface area contributed by atoms with Crippen LogP contribution in [-0.4, -0.2) is 64.1 Å². The van der Waals surface area contributed by atoms with Gasteiger partial charge < -0.3 is 10.1 Å². The monoisotopic (exact) mass is 278 g/mol. The van der Waals surface area contributed by atoms with Crippen molar-refractivity contribution in [2.75, 3.05) is 33.2 Å². The standard InChI is InChI=1S/C14H22N4O2/c1-17-6-7-18(9-11(17)13-15-4-5-16-13)10-14(2-3-14)8-12(19)20/h4-5,11H,2-3,6-10H2,1H3,(H,15,16)(H,19,20). The van der Waals surface area contributed by atoms with Gasteiger partial charge in [0, 0.05) is 38.6 Å². The molecule has 1 aromatic rings. The smallest absolute Gasteiger partial charge is 0.303 e. The Morgan fingerprint density at radius 3 is 2.95 bits per heavy atom. The fourth-order valence-corrected chi connectivity index (χ4v) is 3.19. The summed E-state index contributed by atoms with van der Waals surface area (Å²) >= 11 is 0. The van der Waals surface area contributed by atoms with Crippen LogP contribution in [0.5, 0.6) is 0 Å². The highest BCUT2D eigenvalue weighted by atomic mass is 16.4. The van der Waals surface area contributed by atoms with Gasteiger partial charge in [0.25, 0.3) is 0 Å². The molecule has 0 bridgehead atoms. The van der Waals surface area contributed by atoms with Crippen LogP contribution in [0.25, 0.3) is 0 Å². The fourth-order valence-electron chi connectivity index (χ4n) is 3.19. The maximum atomic E-state index is 11.0. The number of nitrogens with zero attached hydrogens (tertiary/aromatic N) is 3. The molecule has 1 aliphatic carbocycles. The van der Waals surface area contributed by atoms with Crippen LogP contribution in [0.15, 0.2) is 12.4 Å². The molecule has 2 fully saturated rings. The number of H-pyrrole nitrogens is 1. The molecule has 6 nitrogen and oxygen atoms in total. The molecule has 0 amide bonds. The number of carboxylic acids is 1. The molecule has 1 aliphatic heterocycles. The van der Waals surface area contributed by atoms with Crippen LogP contribution in [0.4, 0.5) is 0 Å². The highest BCUT2D eigenvalue weighted by molar-refractivity contribution is 5.68. The van der Waals surface area contributed by atoms with Gasteiger partial charge in [0.15, 0.2) is 0 Å². The zero-order chi connectivity index (χ0) is 14.2. The minimum absolute atomic E-state index is 0.0372. The molecule has 1 aromatic heterocycles. The second-order valence-electron chi connectivity index (χ2n) is 6.28. The molecule has 3 rings (SSSR count). The quantitative estimate of drug-likeness (QED) is 0.839. The summed E-state index contributed by atoms with van der Waals surface area (Å²) in [5, 5.41) is 9.02. The SMILES string of the molecule is CN1CCN(CC2(CC(=O)O)CC2)CC1c1ncc[nH]1. The normalized spacial score (nSPS) is 26.6. The second-order valence-corrected chi connectivity index (χ2v) is 6.28. The number of hydrogen-bond donors (Lipinski definition) is 2. The van der Waals surface area contributed by atoms with Gasteiger partial charge in [-0.25, -0.2) is 4.98 Å². The number of hydrogen-bond acceptors (Lipinski definition) is 4. The van der Waals surface area contributed by atoms with E-state index in [0.29, 0.717) is 6.42 Å². The number of aromatic nitrogens is 2. The lowest BCUT2D eigenvalue weighted by molar-refractivity contribution is -0.138. The van der Waals surface area contributed by atoms with E-state index in [1.54, 1.807) is 6.20 Å². The molecule has 1 saturated carbocycles. The van der Waals surface area contributed by atoms with Gasteiger partial charge in [-0.1, -0.05) is 0 Å². The van der Waals surface area contributed by atoms with Crippen molar-refractivity contribution in [2.45, 2.75) is 25.3 Å². The third-order valence-electron chi connectivity index (χ3n) is 4.61. The van der Waals surface area contributed by atoms with Crippen LogP contribution in [0, 0.1) is 5.41 Å². The zero-order valence-electron chi connectivity index (χ0n) is 11.9. The van der Waals surface area contributed by atoms with Gasteiger partial charge in [-0.2, -0.15) is 0 Å². The van der Waals surface area contributed by atoms with E-state index in [1.807, 2.05) is 6.20 Å². The number of carboxylic acid groups (broad SMARTS) is 1. The van der Waals surface area contributed by atoms with E-state index in [4.69, 9.17) is 5.11 Å². The average molecular weight is 278 g/mol. The highest BCUT2D eigenvalue weighted by Crippen LogP contribution is 2.49. The zero-order valence-corrected chi connectivity index (χ0v) is 11.9. The van der Waals surface area contributed by atoms with Crippen molar-refractivity contribution in [3.63, 3.8) is 0 Å². The Labute approximate surface area is 118 Å². The molecule has 1 unspecified atom stereocenters. The molecule has 1 atom stereocenters. The van der Waals surface area contributed by atoms with Gasteiger partial charge in [0.2, 0.25) is 0 Å². The number of rotatable bonds is 5. The summed E-state index contributed by atoms with van der Waals surface area (Å²) in [5.41, 5.74) is 0.0372. The molecule has 2 aliphatic rings. The molecule has 0 aromatic carbocycles. The Balaban J connectivity index is 1.63. The molecule has 2 N–H and O–H groups in total. The van der Waals surface area contributed by atoms with Crippen molar-refractivity contribution >= 4 is 5.97 Å². The van der Waals surface area contributed by atoms with E-state index < -0.39 is 5.97 Å². The van der Waals surface area contributed by atoms with E-state index in [9.17, 15) is 4.79 Å². The third kappa shape index (κ3) is 2.86. The van der Waals surface area contributed by atoms with E-state index >= 15 is 0 Å². The number of nitrogens with one attached hydrogen (secondary N) is 1. The number of piperazine rings is 1. The van der Waals surface area contributed by atoms with Crippen molar-refractivity contribution in [3.8, 4) is 0 Å². The van der Waals surface area contributed by atoms with Crippen LogP contribution in [0.2, 0.25) is 0 Å². The first kappa shape index (κ1) is 13.6. The molecule has 6 heteroatoms. The topological polar surface area (TPSA) is 72.5 Å². The van der Waals surface area contributed by atoms with Gasteiger partial charge in [0.05, 0.1) is 12.5 Å². The van der Waals surface area contributed by atoms with E-state index in [2.05, 4.69) is 26.8 Å². The van der Waals surface area contributed by atoms with Crippen molar-refractivity contribution in [3.05, 3.63) is 18.2 Å². The molecular weight excluding hydrogens is 256 g/mol. The Morgan fingerprint density at radius 1 is 1.55 bits per heavy atom. The van der Waals surface area contributed by atoms with Gasteiger partial charge in [0.1, 0.15) is 5.82 Å². The maximum absolute atomic E-state index is 11.0. The lowest BCUT2D eigenvalue weighted by Crippen LogP contribution is -2.48. The first-order valence-electron chi connectivity index (χ1n) is 7.22. The van der Waals surface area contributed by atoms with Gasteiger partial charge in [-0.05, 0) is 25.3 Å². The predicted molar refractivity (Wildman–Crippen MR) is 74.3 cm³/mol. The summed E-state index contributed by atoms with van der Waals surface area (Å²) in [6, 6.07) is 0.277. The summed E-state index contributed by atoms with van der Waals surface area (Å²) in [6.07, 6.45) is 6.06. The fraction of sp³-hybridized carbons (Fsp3) is 0.714. The van der Waals surface area contributed by atoms with Crippen molar-refractivity contribution in [2.24, 2.45) is 5.41 Å². The summed E-state index contributed by atoms with van der Waals surface area (Å²) in [4.78, 5) is 23.2. The number of likely N-dealkylation sites (N-methyl/N-ethyl adjacent to an activating group) is 1. The number of imidazole rings is 1. The summed E-state index contributed by atoms with van der Waals surface area (Å²) in [6.45, 7) is 3.83. The molecule has 2 heterocycles. The van der Waals surface area contributed by atoms with Gasteiger partial charge >= 0.3 is 5.97 Å². The Bertz CT molecular complexity index is 470. The minimum Gasteiger partial charge on any atom is -0.481 e.